The molecule has 1 fully saturated rings. The molecular formula is C11H16N2O4S. The molecule has 4 N–H and O–H groups in total. The molecule has 0 saturated carbocycles. The number of amides is 1. The first-order valence-electron chi connectivity index (χ1n) is 5.76. The van der Waals surface area contributed by atoms with Crippen molar-refractivity contribution in [2.24, 2.45) is 11.7 Å². The molecule has 0 aliphatic carbocycles. The Morgan fingerprint density at radius 2 is 2.33 bits per heavy atom. The highest BCUT2D eigenvalue weighted by Gasteiger charge is 2.57. The molecule has 1 saturated heterocycles. The van der Waals surface area contributed by atoms with Gasteiger partial charge in [0.25, 0.3) is 0 Å². The number of hydrogen-bond acceptors (Lipinski definition) is 5. The fourth-order valence-electron chi connectivity index (χ4n) is 2.47. The monoisotopic (exact) mass is 272 g/mol. The van der Waals surface area contributed by atoms with Crippen LogP contribution in [0.3, 0.4) is 0 Å². The van der Waals surface area contributed by atoms with Crippen LogP contribution in [0.1, 0.15) is 6.92 Å². The first-order chi connectivity index (χ1) is 8.49. The topological polar surface area (TPSA) is 104 Å². The maximum atomic E-state index is 11.9. The van der Waals surface area contributed by atoms with E-state index >= 15 is 0 Å². The number of aliphatic hydroxyl groups excluding tert-OH is 1. The summed E-state index contributed by atoms with van der Waals surface area (Å²) in [6.45, 7) is 2.00. The quantitative estimate of drug-likeness (QED) is 0.568. The second kappa shape index (κ2) is 4.91. The number of β-lactam (4-membered cyclic amide) rings is 1. The van der Waals surface area contributed by atoms with Crippen LogP contribution in [0.25, 0.3) is 0 Å². The number of carbonyl (C=O) groups is 2. The van der Waals surface area contributed by atoms with Crippen molar-refractivity contribution < 1.29 is 19.8 Å². The molecule has 0 bridgehead atoms. The molecule has 18 heavy (non-hydrogen) atoms. The Hall–Kier alpha value is -1.05. The maximum Gasteiger partial charge on any atom is 0.331 e. The summed E-state index contributed by atoms with van der Waals surface area (Å²) in [5.41, 5.74) is 5.40. The Bertz CT molecular complexity index is 410. The first-order valence-corrected chi connectivity index (χ1v) is 6.75. The Balaban J connectivity index is 2.20. The van der Waals surface area contributed by atoms with Gasteiger partial charge in [-0.15, -0.1) is 11.8 Å². The largest absolute Gasteiger partial charge is 0.479 e. The SMILES string of the molecule is C[C@@H](O)[C@@H]1C(=O)N2[C@@H](C(=O)O)C(SCCN)=C[C@H]12. The fourth-order valence-corrected chi connectivity index (χ4v) is 3.43. The number of nitrogens with zero attached hydrogens (tertiary/aromatic N) is 1. The lowest BCUT2D eigenvalue weighted by atomic mass is 9.84. The molecule has 0 radical (unpaired) electrons. The summed E-state index contributed by atoms with van der Waals surface area (Å²) in [7, 11) is 0. The minimum atomic E-state index is -1.04. The zero-order valence-corrected chi connectivity index (χ0v) is 10.8. The van der Waals surface area contributed by atoms with Crippen LogP contribution in [0.2, 0.25) is 0 Å². The molecule has 2 heterocycles. The van der Waals surface area contributed by atoms with E-state index in [0.29, 0.717) is 17.2 Å². The summed E-state index contributed by atoms with van der Waals surface area (Å²) in [5.74, 6) is -1.22. The predicted octanol–water partition coefficient (Wildman–Crippen LogP) is -0.763. The van der Waals surface area contributed by atoms with Gasteiger partial charge in [-0.05, 0) is 13.0 Å². The van der Waals surface area contributed by atoms with Crippen molar-refractivity contribution in [3.05, 3.63) is 11.0 Å². The van der Waals surface area contributed by atoms with Crippen molar-refractivity contribution in [2.45, 2.75) is 25.1 Å². The van der Waals surface area contributed by atoms with E-state index in [2.05, 4.69) is 0 Å². The van der Waals surface area contributed by atoms with Gasteiger partial charge in [0, 0.05) is 17.2 Å². The summed E-state index contributed by atoms with van der Waals surface area (Å²) in [4.78, 5) is 25.1. The van der Waals surface area contributed by atoms with Crippen LogP contribution >= 0.6 is 11.8 Å². The highest BCUT2D eigenvalue weighted by atomic mass is 32.2. The molecule has 100 valence electrons. The Labute approximate surface area is 109 Å². The number of carboxylic acid groups (broad SMARTS) is 1. The van der Waals surface area contributed by atoms with E-state index < -0.39 is 24.0 Å². The Morgan fingerprint density at radius 3 is 2.83 bits per heavy atom. The first kappa shape index (κ1) is 13.4. The zero-order valence-electron chi connectivity index (χ0n) is 9.94. The van der Waals surface area contributed by atoms with Crippen LogP contribution in [0.5, 0.6) is 0 Å². The van der Waals surface area contributed by atoms with Crippen molar-refractivity contribution in [1.29, 1.82) is 0 Å². The maximum absolute atomic E-state index is 11.9. The van der Waals surface area contributed by atoms with Gasteiger partial charge in [0.15, 0.2) is 6.04 Å². The van der Waals surface area contributed by atoms with Crippen molar-refractivity contribution in [3.8, 4) is 0 Å². The van der Waals surface area contributed by atoms with Gasteiger partial charge in [-0.25, -0.2) is 4.79 Å². The average molecular weight is 272 g/mol. The second-order valence-corrected chi connectivity index (χ2v) is 5.62. The molecule has 2 aliphatic heterocycles. The lowest BCUT2D eigenvalue weighted by molar-refractivity contribution is -0.167. The van der Waals surface area contributed by atoms with Gasteiger partial charge in [0.2, 0.25) is 5.91 Å². The number of carboxylic acids is 1. The molecule has 0 aromatic rings. The van der Waals surface area contributed by atoms with Crippen LogP contribution in [-0.4, -0.2) is 57.5 Å². The van der Waals surface area contributed by atoms with Gasteiger partial charge in [0.05, 0.1) is 18.1 Å². The number of aliphatic hydroxyl groups is 1. The number of thioether (sulfide) groups is 1. The Kier molecular flexibility index (Phi) is 3.65. The summed E-state index contributed by atoms with van der Waals surface area (Å²) >= 11 is 1.36. The van der Waals surface area contributed by atoms with E-state index in [1.54, 1.807) is 13.0 Å². The smallest absolute Gasteiger partial charge is 0.331 e. The molecule has 4 atom stereocenters. The molecule has 2 rings (SSSR count). The van der Waals surface area contributed by atoms with E-state index in [0.717, 1.165) is 0 Å². The summed E-state index contributed by atoms with van der Waals surface area (Å²) < 4.78 is 0. The molecular weight excluding hydrogens is 256 g/mol. The van der Waals surface area contributed by atoms with Crippen molar-refractivity contribution in [1.82, 2.24) is 4.90 Å². The highest BCUT2D eigenvalue weighted by Crippen LogP contribution is 2.43. The summed E-state index contributed by atoms with van der Waals surface area (Å²) in [6, 6.07) is -1.20. The Morgan fingerprint density at radius 1 is 1.67 bits per heavy atom. The fraction of sp³-hybridized carbons (Fsp3) is 0.636. The van der Waals surface area contributed by atoms with E-state index in [1.165, 1.54) is 16.7 Å². The van der Waals surface area contributed by atoms with Crippen LogP contribution < -0.4 is 5.73 Å². The summed E-state index contributed by atoms with van der Waals surface area (Å²) in [5, 5.41) is 18.7. The third-order valence-electron chi connectivity index (χ3n) is 3.25. The third kappa shape index (κ3) is 1.92. The van der Waals surface area contributed by atoms with E-state index in [9.17, 15) is 19.8 Å². The molecule has 1 amide bonds. The molecule has 0 aromatic carbocycles. The van der Waals surface area contributed by atoms with Crippen LogP contribution in [-0.2, 0) is 9.59 Å². The van der Waals surface area contributed by atoms with E-state index in [4.69, 9.17) is 5.73 Å². The standard InChI is InChI=1S/C11H16N2O4S/c1-5(14)8-6-4-7(18-3-2-12)9(11(16)17)13(6)10(8)15/h4-6,8-9,14H,2-3,12H2,1H3,(H,16,17)/t5-,6-,8+,9-/m1/s1. The minimum Gasteiger partial charge on any atom is -0.479 e. The number of rotatable bonds is 5. The van der Waals surface area contributed by atoms with E-state index in [1.807, 2.05) is 0 Å². The zero-order chi connectivity index (χ0) is 13.4. The van der Waals surface area contributed by atoms with Gasteiger partial charge in [-0.1, -0.05) is 0 Å². The van der Waals surface area contributed by atoms with E-state index in [-0.39, 0.29) is 11.9 Å². The molecule has 0 aromatic heterocycles. The number of hydrogen-bond donors (Lipinski definition) is 3. The molecule has 0 spiro atoms. The molecule has 6 nitrogen and oxygen atoms in total. The van der Waals surface area contributed by atoms with Crippen LogP contribution in [0.15, 0.2) is 11.0 Å². The van der Waals surface area contributed by atoms with Gasteiger partial charge in [0.1, 0.15) is 0 Å². The lowest BCUT2D eigenvalue weighted by Gasteiger charge is -2.45. The van der Waals surface area contributed by atoms with Crippen molar-refractivity contribution in [3.63, 3.8) is 0 Å². The number of nitrogens with two attached hydrogens (primary N) is 1. The molecule has 2 aliphatic rings. The molecule has 0 unspecified atom stereocenters. The number of fused-ring (bicyclic) bond motifs is 1. The third-order valence-corrected chi connectivity index (χ3v) is 4.38. The summed E-state index contributed by atoms with van der Waals surface area (Å²) in [6.07, 6.45) is 1.01. The van der Waals surface area contributed by atoms with Crippen LogP contribution in [0.4, 0.5) is 0 Å². The van der Waals surface area contributed by atoms with Gasteiger partial charge in [-0.2, -0.15) is 0 Å². The van der Waals surface area contributed by atoms with Crippen molar-refractivity contribution in [2.75, 3.05) is 12.3 Å². The van der Waals surface area contributed by atoms with Gasteiger partial charge in [-0.3, -0.25) is 4.79 Å². The lowest BCUT2D eigenvalue weighted by Crippen LogP contribution is -2.65. The molecule has 7 heteroatoms. The number of carbonyl (C=O) groups excluding carboxylic acids is 1. The predicted molar refractivity (Wildman–Crippen MR) is 66.8 cm³/mol. The van der Waals surface area contributed by atoms with Crippen LogP contribution in [0, 0.1) is 5.92 Å². The number of aliphatic carboxylic acids is 1. The second-order valence-electron chi connectivity index (χ2n) is 4.45. The highest BCUT2D eigenvalue weighted by molar-refractivity contribution is 8.03. The van der Waals surface area contributed by atoms with Gasteiger partial charge < -0.3 is 20.8 Å². The average Bonchev–Trinajstić information content (AvgIpc) is 2.60. The van der Waals surface area contributed by atoms with Gasteiger partial charge >= 0.3 is 5.97 Å². The minimum absolute atomic E-state index is 0.290. The normalized spacial score (nSPS) is 31.7. The van der Waals surface area contributed by atoms with Crippen molar-refractivity contribution >= 4 is 23.6 Å².